The SMILES string of the molecule is Cl.O=C(O)c1cc(C2CC2)n(C[C@@H]2CNCCO[C@H]2c2ccc(Cl)c(Cl)c2)n1. The number of halogens is 3. The van der Waals surface area contributed by atoms with Gasteiger partial charge in [-0.2, -0.15) is 5.10 Å². The van der Waals surface area contributed by atoms with Crippen molar-refractivity contribution in [2.24, 2.45) is 5.92 Å². The molecule has 1 aliphatic heterocycles. The molecule has 0 unspecified atom stereocenters. The first kappa shape index (κ1) is 21.4. The summed E-state index contributed by atoms with van der Waals surface area (Å²) in [6.07, 6.45) is 2.00. The molecule has 2 atom stereocenters. The van der Waals surface area contributed by atoms with Crippen molar-refractivity contribution < 1.29 is 14.6 Å². The topological polar surface area (TPSA) is 76.4 Å². The van der Waals surface area contributed by atoms with E-state index in [4.69, 9.17) is 27.9 Å². The summed E-state index contributed by atoms with van der Waals surface area (Å²) in [6.45, 7) is 2.69. The molecule has 1 aromatic heterocycles. The number of carboxylic acid groups (broad SMARTS) is 1. The van der Waals surface area contributed by atoms with Gasteiger partial charge >= 0.3 is 5.97 Å². The quantitative estimate of drug-likeness (QED) is 0.721. The Balaban J connectivity index is 0.00000225. The molecule has 0 radical (unpaired) electrons. The molecule has 152 valence electrons. The number of aromatic carboxylic acids is 1. The first-order chi connectivity index (χ1) is 13.0. The van der Waals surface area contributed by atoms with Gasteiger partial charge in [0.15, 0.2) is 5.69 Å². The molecule has 4 rings (SSSR count). The number of benzene rings is 1. The van der Waals surface area contributed by atoms with Crippen LogP contribution in [-0.2, 0) is 11.3 Å². The Morgan fingerprint density at radius 2 is 2.07 bits per heavy atom. The molecular weight excluding hydrogens is 425 g/mol. The van der Waals surface area contributed by atoms with Crippen LogP contribution in [0.5, 0.6) is 0 Å². The summed E-state index contributed by atoms with van der Waals surface area (Å²) in [7, 11) is 0. The molecule has 28 heavy (non-hydrogen) atoms. The van der Waals surface area contributed by atoms with Crippen LogP contribution in [0.3, 0.4) is 0 Å². The van der Waals surface area contributed by atoms with Crippen LogP contribution in [0.15, 0.2) is 24.3 Å². The minimum atomic E-state index is -0.994. The lowest BCUT2D eigenvalue weighted by Gasteiger charge is -2.26. The Bertz CT molecular complexity index is 854. The lowest BCUT2D eigenvalue weighted by atomic mass is 9.95. The van der Waals surface area contributed by atoms with Crippen LogP contribution in [0.2, 0.25) is 10.0 Å². The summed E-state index contributed by atoms with van der Waals surface area (Å²) >= 11 is 12.3. The van der Waals surface area contributed by atoms with Crippen LogP contribution < -0.4 is 5.32 Å². The average molecular weight is 447 g/mol. The van der Waals surface area contributed by atoms with Crippen LogP contribution in [0.1, 0.15) is 46.6 Å². The first-order valence-corrected chi connectivity index (χ1v) is 9.87. The number of ether oxygens (including phenoxy) is 1. The molecule has 2 aliphatic rings. The number of nitrogens with one attached hydrogen (secondary N) is 1. The lowest BCUT2D eigenvalue weighted by molar-refractivity contribution is 0.0240. The summed E-state index contributed by atoms with van der Waals surface area (Å²) in [6, 6.07) is 7.27. The van der Waals surface area contributed by atoms with Gasteiger partial charge in [-0.05, 0) is 36.6 Å². The molecule has 2 aromatic rings. The van der Waals surface area contributed by atoms with Crippen LogP contribution in [0, 0.1) is 5.92 Å². The van der Waals surface area contributed by atoms with Gasteiger partial charge in [0, 0.05) is 37.2 Å². The van der Waals surface area contributed by atoms with E-state index in [-0.39, 0.29) is 30.1 Å². The maximum atomic E-state index is 11.4. The predicted octanol–water partition coefficient (Wildman–Crippen LogP) is 4.16. The van der Waals surface area contributed by atoms with E-state index in [1.807, 2.05) is 16.8 Å². The minimum absolute atomic E-state index is 0. The number of carbonyl (C=O) groups is 1. The average Bonchev–Trinajstić information content (AvgIpc) is 3.43. The van der Waals surface area contributed by atoms with E-state index in [0.717, 1.165) is 37.2 Å². The fraction of sp³-hybridized carbons (Fsp3) is 0.474. The van der Waals surface area contributed by atoms with E-state index >= 15 is 0 Å². The van der Waals surface area contributed by atoms with Gasteiger partial charge < -0.3 is 15.2 Å². The summed E-state index contributed by atoms with van der Waals surface area (Å²) in [5.74, 6) is -0.496. The van der Waals surface area contributed by atoms with Crippen molar-refractivity contribution in [3.63, 3.8) is 0 Å². The van der Waals surface area contributed by atoms with E-state index in [1.54, 1.807) is 12.1 Å². The molecule has 9 heteroatoms. The number of hydrogen-bond acceptors (Lipinski definition) is 4. The third-order valence-electron chi connectivity index (χ3n) is 5.12. The van der Waals surface area contributed by atoms with Crippen molar-refractivity contribution in [2.45, 2.75) is 31.4 Å². The van der Waals surface area contributed by atoms with Crippen molar-refractivity contribution >= 4 is 41.6 Å². The van der Waals surface area contributed by atoms with Gasteiger partial charge in [0.2, 0.25) is 0 Å². The van der Waals surface area contributed by atoms with Crippen LogP contribution >= 0.6 is 35.6 Å². The molecule has 2 heterocycles. The summed E-state index contributed by atoms with van der Waals surface area (Å²) < 4.78 is 7.97. The largest absolute Gasteiger partial charge is 0.476 e. The Morgan fingerprint density at radius 3 is 2.75 bits per heavy atom. The molecule has 1 saturated heterocycles. The number of rotatable bonds is 5. The highest BCUT2D eigenvalue weighted by atomic mass is 35.5. The molecule has 1 aliphatic carbocycles. The van der Waals surface area contributed by atoms with E-state index in [9.17, 15) is 9.90 Å². The van der Waals surface area contributed by atoms with Crippen molar-refractivity contribution in [3.05, 3.63) is 51.3 Å². The number of nitrogens with zero attached hydrogens (tertiary/aromatic N) is 2. The molecule has 0 bridgehead atoms. The first-order valence-electron chi connectivity index (χ1n) is 9.11. The molecule has 0 amide bonds. The Labute approximate surface area is 179 Å². The summed E-state index contributed by atoms with van der Waals surface area (Å²) in [5.41, 5.74) is 2.08. The normalized spacial score (nSPS) is 22.4. The maximum Gasteiger partial charge on any atom is 0.356 e. The fourth-order valence-corrected chi connectivity index (χ4v) is 3.93. The van der Waals surface area contributed by atoms with Crippen molar-refractivity contribution in [1.82, 2.24) is 15.1 Å². The molecule has 1 saturated carbocycles. The summed E-state index contributed by atoms with van der Waals surface area (Å²) in [4.78, 5) is 11.4. The second-order valence-corrected chi connectivity index (χ2v) is 7.96. The molecule has 0 spiro atoms. The van der Waals surface area contributed by atoms with Crippen molar-refractivity contribution in [3.8, 4) is 0 Å². The third-order valence-corrected chi connectivity index (χ3v) is 5.86. The zero-order chi connectivity index (χ0) is 19.0. The number of aromatic nitrogens is 2. The van der Waals surface area contributed by atoms with Crippen molar-refractivity contribution in [1.29, 1.82) is 0 Å². The Kier molecular flexibility index (Phi) is 6.89. The van der Waals surface area contributed by atoms with E-state index < -0.39 is 5.97 Å². The third kappa shape index (κ3) is 4.63. The van der Waals surface area contributed by atoms with Gasteiger partial charge in [-0.1, -0.05) is 29.3 Å². The van der Waals surface area contributed by atoms with Crippen LogP contribution in [0.25, 0.3) is 0 Å². The number of hydrogen-bond donors (Lipinski definition) is 2. The number of carboxylic acids is 1. The molecule has 6 nitrogen and oxygen atoms in total. The highest BCUT2D eigenvalue weighted by molar-refractivity contribution is 6.42. The van der Waals surface area contributed by atoms with Crippen LogP contribution in [0.4, 0.5) is 0 Å². The molecule has 2 fully saturated rings. The van der Waals surface area contributed by atoms with E-state index in [2.05, 4.69) is 10.4 Å². The maximum absolute atomic E-state index is 11.4. The van der Waals surface area contributed by atoms with E-state index in [1.165, 1.54) is 0 Å². The Morgan fingerprint density at radius 1 is 1.29 bits per heavy atom. The zero-order valence-electron chi connectivity index (χ0n) is 15.1. The second-order valence-electron chi connectivity index (χ2n) is 7.15. The van der Waals surface area contributed by atoms with Gasteiger partial charge in [0.1, 0.15) is 0 Å². The molecule has 2 N–H and O–H groups in total. The van der Waals surface area contributed by atoms with Gasteiger partial charge in [0.25, 0.3) is 0 Å². The predicted molar refractivity (Wildman–Crippen MR) is 110 cm³/mol. The highest BCUT2D eigenvalue weighted by Gasteiger charge is 2.32. The summed E-state index contributed by atoms with van der Waals surface area (Å²) in [5, 5.41) is 18.1. The van der Waals surface area contributed by atoms with Gasteiger partial charge in [-0.3, -0.25) is 4.68 Å². The van der Waals surface area contributed by atoms with Gasteiger partial charge in [-0.25, -0.2) is 4.79 Å². The van der Waals surface area contributed by atoms with Crippen molar-refractivity contribution in [2.75, 3.05) is 19.7 Å². The second kappa shape index (κ2) is 9.01. The lowest BCUT2D eigenvalue weighted by Crippen LogP contribution is -2.29. The Hall–Kier alpha value is -1.31. The van der Waals surface area contributed by atoms with E-state index in [0.29, 0.717) is 29.1 Å². The standard InChI is InChI=1S/C19H21Cl2N3O3.ClH/c20-14-4-3-12(7-15(14)21)18-13(9-22-5-6-27-18)10-24-17(11-1-2-11)8-16(23-24)19(25)26;/h3-4,7-8,11,13,18,22H,1-2,5-6,9-10H2,(H,25,26);1H/t13-,18-;/m0./s1. The monoisotopic (exact) mass is 445 g/mol. The van der Waals surface area contributed by atoms with Gasteiger partial charge in [-0.15, -0.1) is 12.4 Å². The van der Waals surface area contributed by atoms with Gasteiger partial charge in [0.05, 0.1) is 22.8 Å². The smallest absolute Gasteiger partial charge is 0.356 e. The molecular formula is C19H22Cl3N3O3. The molecule has 1 aromatic carbocycles. The minimum Gasteiger partial charge on any atom is -0.476 e. The zero-order valence-corrected chi connectivity index (χ0v) is 17.4. The fourth-order valence-electron chi connectivity index (χ4n) is 3.62. The van der Waals surface area contributed by atoms with Crippen LogP contribution in [-0.4, -0.2) is 40.6 Å². The highest BCUT2D eigenvalue weighted by Crippen LogP contribution is 2.41.